The van der Waals surface area contributed by atoms with Crippen molar-refractivity contribution in [2.24, 2.45) is 0 Å². The maximum absolute atomic E-state index is 11.7. The molecule has 2 aromatic carbocycles. The van der Waals surface area contributed by atoms with Gasteiger partial charge in [0, 0.05) is 0 Å². The number of hydrogen-bond donors (Lipinski definition) is 2. The Balaban J connectivity index is 1.86. The zero-order chi connectivity index (χ0) is 32.1. The Kier molecular flexibility index (Phi) is 10.6. The molecule has 1 saturated carbocycles. The van der Waals surface area contributed by atoms with Gasteiger partial charge in [-0.25, -0.2) is 0 Å². The summed E-state index contributed by atoms with van der Waals surface area (Å²) in [6.45, 7) is 27.2. The molecule has 0 amide bonds. The topological polar surface area (TPSA) is 40.5 Å². The van der Waals surface area contributed by atoms with E-state index in [0.717, 1.165) is 33.1 Å². The number of phenolic OH excluding ortho intramolecular Hbond substituents is 2. The van der Waals surface area contributed by atoms with Crippen molar-refractivity contribution >= 4 is 15.9 Å². The van der Waals surface area contributed by atoms with Gasteiger partial charge in [0.05, 0.1) is 0 Å². The fraction of sp³-hybridized carbons (Fsp3) is 0.684. The summed E-state index contributed by atoms with van der Waals surface area (Å²) in [5.74, 6) is 3.20. The molecule has 43 heavy (non-hydrogen) atoms. The number of phenols is 2. The molecule has 2 aromatic rings. The number of fused-ring (bicyclic) bond motifs is 1. The Morgan fingerprint density at radius 1 is 0.558 bits per heavy atom. The van der Waals surface area contributed by atoms with Gasteiger partial charge in [0.2, 0.25) is 0 Å². The second-order valence-electron chi connectivity index (χ2n) is 17.4. The normalized spacial score (nSPS) is 23.6. The van der Waals surface area contributed by atoms with Crippen LogP contribution in [0.2, 0.25) is 0 Å². The molecule has 2 aliphatic rings. The summed E-state index contributed by atoms with van der Waals surface area (Å²) in [5.41, 5.74) is 7.20. The van der Waals surface area contributed by atoms with Crippen LogP contribution in [-0.2, 0) is 48.6 Å². The molecule has 1 heterocycles. The van der Waals surface area contributed by atoms with Crippen LogP contribution in [0.15, 0.2) is 24.3 Å². The van der Waals surface area contributed by atoms with E-state index in [1.54, 1.807) is 0 Å². The third-order valence-corrected chi connectivity index (χ3v) is 25.4. The number of rotatable bonds is 4. The van der Waals surface area contributed by atoms with E-state index < -0.39 is 0 Å². The van der Waals surface area contributed by atoms with Crippen LogP contribution in [0.25, 0.3) is 0 Å². The van der Waals surface area contributed by atoms with Gasteiger partial charge < -0.3 is 0 Å². The maximum atomic E-state index is 11.7. The molecule has 0 aromatic heterocycles. The van der Waals surface area contributed by atoms with Gasteiger partial charge in [0.25, 0.3) is 0 Å². The van der Waals surface area contributed by atoms with Crippen molar-refractivity contribution in [3.63, 3.8) is 0 Å². The Morgan fingerprint density at radius 2 is 0.907 bits per heavy atom. The van der Waals surface area contributed by atoms with E-state index in [-0.39, 0.29) is 37.1 Å². The van der Waals surface area contributed by atoms with Crippen LogP contribution >= 0.6 is 15.9 Å². The molecule has 5 heteroatoms. The molecule has 0 radical (unpaired) electrons. The van der Waals surface area contributed by atoms with E-state index in [4.69, 9.17) is 0 Å². The van der Waals surface area contributed by atoms with Gasteiger partial charge in [0.15, 0.2) is 0 Å². The fourth-order valence-electron chi connectivity index (χ4n) is 6.56. The Bertz CT molecular complexity index is 1310. The Morgan fingerprint density at radius 3 is 1.21 bits per heavy atom. The van der Waals surface area contributed by atoms with Crippen molar-refractivity contribution in [2.75, 3.05) is 0 Å². The van der Waals surface area contributed by atoms with Crippen molar-refractivity contribution in [2.45, 2.75) is 165 Å². The van der Waals surface area contributed by atoms with Gasteiger partial charge in [-0.2, -0.15) is 0 Å². The summed E-state index contributed by atoms with van der Waals surface area (Å²) in [6.07, 6.45) is 8.16. The van der Waals surface area contributed by atoms with Crippen molar-refractivity contribution < 1.29 is 25.7 Å². The van der Waals surface area contributed by atoms with E-state index in [9.17, 15) is 10.2 Å². The second kappa shape index (κ2) is 12.9. The summed E-state index contributed by atoms with van der Waals surface area (Å²) in [5, 5.41) is 25.0. The molecule has 0 saturated heterocycles. The van der Waals surface area contributed by atoms with Gasteiger partial charge in [-0.3, -0.25) is 0 Å². The zero-order valence-electron chi connectivity index (χ0n) is 29.3. The molecule has 4 atom stereocenters. The quantitative estimate of drug-likeness (QED) is 0.320. The first-order valence-electron chi connectivity index (χ1n) is 16.6. The average molecular weight is 661 g/mol. The van der Waals surface area contributed by atoms with Crippen LogP contribution in [0.3, 0.4) is 0 Å². The molecule has 2 nitrogen and oxygen atoms in total. The van der Waals surface area contributed by atoms with Crippen LogP contribution in [0, 0.1) is 0 Å². The zero-order valence-corrected chi connectivity index (χ0v) is 32.5. The number of aromatic hydroxyl groups is 2. The molecule has 240 valence electrons. The fourth-order valence-corrected chi connectivity index (χ4v) is 27.4. The minimum absolute atomic E-state index is 0.0466. The second-order valence-corrected chi connectivity index (χ2v) is 28.8. The number of hydrogen-bond acceptors (Lipinski definition) is 2. The first-order valence-corrected chi connectivity index (χ1v) is 23.3. The standard InChI is InChI=1S/C38H60O2S2.Ti/c1-35(2,3)27-19-25(33(39)29(21-27)37(7,8)9)23-41-31-17-15-13-14-16-18-32(31)42-24-26-20-28(36(4,5)6)22-30(34(26)40)38(10,11)12;/h19-22,31-32,39-40H,13-18,23-24H2,1-12H3;/t31-,32-;/m0./s1. The molecule has 4 rings (SSSR count). The summed E-state index contributed by atoms with van der Waals surface area (Å²) in [4.78, 5) is 0. The van der Waals surface area contributed by atoms with E-state index in [1.165, 1.54) is 60.8 Å². The van der Waals surface area contributed by atoms with E-state index in [1.807, 2.05) is 0 Å². The van der Waals surface area contributed by atoms with E-state index in [0.29, 0.717) is 27.4 Å². The predicted octanol–water partition coefficient (Wildman–Crippen LogP) is 11.5. The van der Waals surface area contributed by atoms with E-state index >= 15 is 0 Å². The summed E-state index contributed by atoms with van der Waals surface area (Å²) in [7, 11) is 0.693. The van der Waals surface area contributed by atoms with Crippen LogP contribution in [0.1, 0.15) is 155 Å². The van der Waals surface area contributed by atoms with Crippen LogP contribution in [0.4, 0.5) is 0 Å². The Labute approximate surface area is 274 Å². The SMILES string of the molecule is CC(C)(C)c1cc(C[S]2=[Ti]=[S](Cc3cc(C(C)(C)C)cc(C(C)(C)C)c3O)[C@H]3CCCCCC[C@@H]32)c(O)c(C(C)(C)C)c1. The number of benzene rings is 2. The monoisotopic (exact) mass is 660 g/mol. The summed E-state index contributed by atoms with van der Waals surface area (Å²) >= 11 is -0.244. The third kappa shape index (κ3) is 8.25. The van der Waals surface area contributed by atoms with E-state index in [2.05, 4.69) is 107 Å². The first-order chi connectivity index (χ1) is 19.7. The average Bonchev–Trinajstić information content (AvgIpc) is 3.12. The van der Waals surface area contributed by atoms with Gasteiger partial charge in [0.1, 0.15) is 0 Å². The molecule has 2 unspecified atom stereocenters. The Hall–Kier alpha value is -0.546. The van der Waals surface area contributed by atoms with Crippen molar-refractivity contribution in [3.05, 3.63) is 57.6 Å². The van der Waals surface area contributed by atoms with Crippen LogP contribution < -0.4 is 0 Å². The molecule has 0 spiro atoms. The van der Waals surface area contributed by atoms with Crippen molar-refractivity contribution in [1.82, 2.24) is 0 Å². The van der Waals surface area contributed by atoms with Gasteiger partial charge in [-0.15, -0.1) is 0 Å². The molecule has 1 fully saturated rings. The van der Waals surface area contributed by atoms with Gasteiger partial charge in [-0.05, 0) is 0 Å². The molecule has 1 aliphatic heterocycles. The first kappa shape index (κ1) is 35.3. The van der Waals surface area contributed by atoms with Gasteiger partial charge >= 0.3 is 276 Å². The summed E-state index contributed by atoms with van der Waals surface area (Å²) < 4.78 is 0. The van der Waals surface area contributed by atoms with Crippen LogP contribution in [-0.4, -0.2) is 20.7 Å². The molecule has 2 N–H and O–H groups in total. The molecule has 0 bridgehead atoms. The molecule has 1 aliphatic carbocycles. The predicted molar refractivity (Wildman–Crippen MR) is 189 cm³/mol. The van der Waals surface area contributed by atoms with Crippen molar-refractivity contribution in [1.29, 1.82) is 0 Å². The van der Waals surface area contributed by atoms with Crippen LogP contribution in [0.5, 0.6) is 11.5 Å². The van der Waals surface area contributed by atoms with Gasteiger partial charge in [-0.1, -0.05) is 0 Å². The summed E-state index contributed by atoms with van der Waals surface area (Å²) in [6, 6.07) is 9.25. The minimum atomic E-state index is -0.244. The van der Waals surface area contributed by atoms with Crippen molar-refractivity contribution in [3.8, 4) is 11.5 Å². The third-order valence-electron chi connectivity index (χ3n) is 9.43. The molecular formula is C38H60O2S2Ti. The molecular weight excluding hydrogens is 600 g/mol.